The zero-order valence-corrected chi connectivity index (χ0v) is 13.9. The maximum absolute atomic E-state index is 12.0. The van der Waals surface area contributed by atoms with Crippen molar-refractivity contribution in [3.8, 4) is 0 Å². The maximum Gasteiger partial charge on any atom is 0.224 e. The molecule has 0 saturated heterocycles. The number of halogens is 2. The summed E-state index contributed by atoms with van der Waals surface area (Å²) in [5.41, 5.74) is 3.17. The Morgan fingerprint density at radius 1 is 1.09 bits per heavy atom. The average Bonchev–Trinajstić information content (AvgIpc) is 2.94. The number of hydrogen-bond acceptors (Lipinski definition) is 1. The molecule has 3 aromatic rings. The fourth-order valence-corrected chi connectivity index (χ4v) is 2.89. The molecule has 5 heteroatoms. The van der Waals surface area contributed by atoms with Gasteiger partial charge >= 0.3 is 0 Å². The summed E-state index contributed by atoms with van der Waals surface area (Å²) in [4.78, 5) is 15.2. The molecule has 0 atom stereocenters. The van der Waals surface area contributed by atoms with Crippen LogP contribution in [-0.4, -0.2) is 17.4 Å². The van der Waals surface area contributed by atoms with E-state index in [1.807, 2.05) is 30.5 Å². The van der Waals surface area contributed by atoms with Gasteiger partial charge in [-0.3, -0.25) is 4.79 Å². The number of fused-ring (bicyclic) bond motifs is 1. The lowest BCUT2D eigenvalue weighted by Gasteiger charge is -2.06. The zero-order valence-electron chi connectivity index (χ0n) is 12.4. The van der Waals surface area contributed by atoms with Crippen molar-refractivity contribution in [1.82, 2.24) is 10.3 Å². The largest absolute Gasteiger partial charge is 0.361 e. The molecule has 1 amide bonds. The van der Waals surface area contributed by atoms with Gasteiger partial charge in [-0.2, -0.15) is 0 Å². The Morgan fingerprint density at radius 2 is 1.91 bits per heavy atom. The van der Waals surface area contributed by atoms with Gasteiger partial charge in [-0.15, -0.1) is 0 Å². The van der Waals surface area contributed by atoms with Crippen LogP contribution in [-0.2, 0) is 17.6 Å². The molecular weight excluding hydrogens is 331 g/mol. The van der Waals surface area contributed by atoms with Crippen molar-refractivity contribution >= 4 is 40.0 Å². The molecule has 1 heterocycles. The molecule has 0 unspecified atom stereocenters. The van der Waals surface area contributed by atoms with Gasteiger partial charge in [0.2, 0.25) is 5.91 Å². The highest BCUT2D eigenvalue weighted by atomic mass is 35.5. The summed E-state index contributed by atoms with van der Waals surface area (Å²) in [5, 5.41) is 5.10. The Balaban J connectivity index is 1.54. The molecule has 0 aliphatic heterocycles. The molecule has 23 heavy (non-hydrogen) atoms. The molecule has 1 aromatic heterocycles. The monoisotopic (exact) mass is 346 g/mol. The highest BCUT2D eigenvalue weighted by Gasteiger charge is 2.07. The van der Waals surface area contributed by atoms with Crippen LogP contribution in [0.4, 0.5) is 0 Å². The van der Waals surface area contributed by atoms with Gasteiger partial charge in [-0.1, -0.05) is 47.5 Å². The van der Waals surface area contributed by atoms with Crippen molar-refractivity contribution in [3.05, 3.63) is 69.8 Å². The molecule has 0 bridgehead atoms. The van der Waals surface area contributed by atoms with Crippen LogP contribution in [0.1, 0.15) is 11.1 Å². The molecule has 2 N–H and O–H groups in total. The summed E-state index contributed by atoms with van der Waals surface area (Å²) in [6.45, 7) is 0.599. The van der Waals surface area contributed by atoms with Crippen molar-refractivity contribution in [1.29, 1.82) is 0 Å². The minimum Gasteiger partial charge on any atom is -0.361 e. The van der Waals surface area contributed by atoms with Gasteiger partial charge in [-0.25, -0.2) is 0 Å². The molecule has 0 radical (unpaired) electrons. The number of benzene rings is 2. The summed E-state index contributed by atoms with van der Waals surface area (Å²) >= 11 is 11.8. The predicted octanol–water partition coefficient (Wildman–Crippen LogP) is 4.38. The van der Waals surface area contributed by atoms with Crippen LogP contribution in [0.25, 0.3) is 10.9 Å². The standard InChI is InChI=1S/C18H16Cl2N2O/c19-15-6-5-12(9-16(15)20)10-18(23)21-8-7-13-11-22-17-4-2-1-3-14(13)17/h1-6,9,11,22H,7-8,10H2,(H,21,23). The van der Waals surface area contributed by atoms with Gasteiger partial charge in [0.05, 0.1) is 16.5 Å². The summed E-state index contributed by atoms with van der Waals surface area (Å²) < 4.78 is 0. The second-order valence-corrected chi connectivity index (χ2v) is 6.20. The van der Waals surface area contributed by atoms with Crippen molar-refractivity contribution < 1.29 is 4.79 Å². The number of aromatic amines is 1. The SMILES string of the molecule is O=C(Cc1ccc(Cl)c(Cl)c1)NCCc1c[nH]c2ccccc12. The van der Waals surface area contributed by atoms with Crippen molar-refractivity contribution in [2.45, 2.75) is 12.8 Å². The molecule has 118 valence electrons. The third-order valence-electron chi connectivity index (χ3n) is 3.74. The lowest BCUT2D eigenvalue weighted by molar-refractivity contribution is -0.120. The first-order chi connectivity index (χ1) is 11.1. The lowest BCUT2D eigenvalue weighted by atomic mass is 10.1. The van der Waals surface area contributed by atoms with Crippen LogP contribution in [0, 0.1) is 0 Å². The van der Waals surface area contributed by atoms with E-state index < -0.39 is 0 Å². The van der Waals surface area contributed by atoms with Crippen molar-refractivity contribution in [3.63, 3.8) is 0 Å². The number of rotatable bonds is 5. The highest BCUT2D eigenvalue weighted by molar-refractivity contribution is 6.42. The fourth-order valence-electron chi connectivity index (χ4n) is 2.57. The molecule has 0 fully saturated rings. The summed E-state index contributed by atoms with van der Waals surface area (Å²) in [5.74, 6) is -0.0248. The number of carbonyl (C=O) groups excluding carboxylic acids is 1. The number of para-hydroxylation sites is 1. The topological polar surface area (TPSA) is 44.9 Å². The van der Waals surface area contributed by atoms with E-state index in [0.717, 1.165) is 17.5 Å². The number of hydrogen-bond donors (Lipinski definition) is 2. The van der Waals surface area contributed by atoms with Crippen LogP contribution >= 0.6 is 23.2 Å². The van der Waals surface area contributed by atoms with E-state index in [2.05, 4.69) is 16.4 Å². The highest BCUT2D eigenvalue weighted by Crippen LogP contribution is 2.22. The number of aromatic nitrogens is 1. The second kappa shape index (κ2) is 7.07. The van der Waals surface area contributed by atoms with E-state index >= 15 is 0 Å². The van der Waals surface area contributed by atoms with E-state index in [0.29, 0.717) is 23.0 Å². The van der Waals surface area contributed by atoms with Crippen LogP contribution in [0.5, 0.6) is 0 Å². The number of carbonyl (C=O) groups is 1. The first-order valence-corrected chi connectivity index (χ1v) is 8.14. The lowest BCUT2D eigenvalue weighted by Crippen LogP contribution is -2.27. The van der Waals surface area contributed by atoms with E-state index in [4.69, 9.17) is 23.2 Å². The minimum atomic E-state index is -0.0248. The van der Waals surface area contributed by atoms with Crippen LogP contribution in [0.3, 0.4) is 0 Å². The number of H-pyrrole nitrogens is 1. The summed E-state index contributed by atoms with van der Waals surface area (Å²) in [6.07, 6.45) is 3.08. The minimum absolute atomic E-state index is 0.0248. The molecule has 3 rings (SSSR count). The third-order valence-corrected chi connectivity index (χ3v) is 4.48. The Hall–Kier alpha value is -1.97. The molecule has 0 aliphatic rings. The quantitative estimate of drug-likeness (QED) is 0.707. The number of nitrogens with one attached hydrogen (secondary N) is 2. The van der Waals surface area contributed by atoms with Gasteiger partial charge < -0.3 is 10.3 Å². The maximum atomic E-state index is 12.0. The van der Waals surface area contributed by atoms with E-state index in [1.165, 1.54) is 10.9 Å². The molecule has 2 aromatic carbocycles. The molecule has 0 spiro atoms. The van der Waals surface area contributed by atoms with Crippen molar-refractivity contribution in [2.75, 3.05) is 6.54 Å². The Kier molecular flexibility index (Phi) is 4.89. The fraction of sp³-hybridized carbons (Fsp3) is 0.167. The Bertz CT molecular complexity index is 842. The van der Waals surface area contributed by atoms with Crippen molar-refractivity contribution in [2.24, 2.45) is 0 Å². The molecule has 0 saturated carbocycles. The molecule has 3 nitrogen and oxygen atoms in total. The Morgan fingerprint density at radius 3 is 2.74 bits per heavy atom. The van der Waals surface area contributed by atoms with E-state index in [9.17, 15) is 4.79 Å². The van der Waals surface area contributed by atoms with E-state index in [-0.39, 0.29) is 5.91 Å². The normalized spacial score (nSPS) is 10.9. The van der Waals surface area contributed by atoms with Gasteiger partial charge in [0.1, 0.15) is 0 Å². The smallest absolute Gasteiger partial charge is 0.224 e. The van der Waals surface area contributed by atoms with Crippen LogP contribution < -0.4 is 5.32 Å². The molecule has 0 aliphatic carbocycles. The zero-order chi connectivity index (χ0) is 16.2. The van der Waals surface area contributed by atoms with Crippen LogP contribution in [0.15, 0.2) is 48.7 Å². The molecular formula is C18H16Cl2N2O. The van der Waals surface area contributed by atoms with E-state index in [1.54, 1.807) is 12.1 Å². The first kappa shape index (κ1) is 15.9. The predicted molar refractivity (Wildman–Crippen MR) is 95.2 cm³/mol. The Labute approximate surface area is 144 Å². The van der Waals surface area contributed by atoms with Gasteiger partial charge in [0.15, 0.2) is 0 Å². The number of amides is 1. The second-order valence-electron chi connectivity index (χ2n) is 5.38. The average molecular weight is 347 g/mol. The summed E-state index contributed by atoms with van der Waals surface area (Å²) in [7, 11) is 0. The van der Waals surface area contributed by atoms with Gasteiger partial charge in [0.25, 0.3) is 0 Å². The first-order valence-electron chi connectivity index (χ1n) is 7.39. The van der Waals surface area contributed by atoms with Gasteiger partial charge in [0, 0.05) is 23.6 Å². The summed E-state index contributed by atoms with van der Waals surface area (Å²) in [6, 6.07) is 13.4. The van der Waals surface area contributed by atoms with Gasteiger partial charge in [-0.05, 0) is 35.7 Å². The third kappa shape index (κ3) is 3.87. The van der Waals surface area contributed by atoms with Crippen LogP contribution in [0.2, 0.25) is 10.0 Å².